The summed E-state index contributed by atoms with van der Waals surface area (Å²) in [7, 11) is 0. The number of carbonyl (C=O) groups is 1. The average molecular weight is 451 g/mol. The van der Waals surface area contributed by atoms with Crippen LogP contribution in [0.15, 0.2) is 60.1 Å². The predicted molar refractivity (Wildman–Crippen MR) is 126 cm³/mol. The van der Waals surface area contributed by atoms with Gasteiger partial charge in [0.15, 0.2) is 4.96 Å². The second kappa shape index (κ2) is 8.46. The Balaban J connectivity index is 1.33. The fourth-order valence-electron chi connectivity index (χ4n) is 4.05. The monoisotopic (exact) mass is 450 g/mol. The predicted octanol–water partition coefficient (Wildman–Crippen LogP) is 4.98. The van der Waals surface area contributed by atoms with Gasteiger partial charge in [-0.15, -0.1) is 11.3 Å². The Morgan fingerprint density at radius 3 is 2.55 bits per heavy atom. The molecule has 0 N–H and O–H groups in total. The molecule has 1 fully saturated rings. The van der Waals surface area contributed by atoms with Crippen LogP contribution in [0.25, 0.3) is 16.2 Å². The van der Waals surface area contributed by atoms with Crippen LogP contribution in [0.3, 0.4) is 0 Å². The molecule has 0 radical (unpaired) electrons. The number of amides is 1. The van der Waals surface area contributed by atoms with Crippen LogP contribution < -0.4 is 0 Å². The third-order valence-corrected chi connectivity index (χ3v) is 6.91. The van der Waals surface area contributed by atoms with Gasteiger partial charge in [0.2, 0.25) is 0 Å². The fourth-order valence-corrected chi connectivity index (χ4v) is 5.00. The fraction of sp³-hybridized carbons (Fsp3) is 0.250. The molecule has 5 rings (SSSR count). The van der Waals surface area contributed by atoms with Crippen LogP contribution in [0, 0.1) is 6.92 Å². The zero-order valence-corrected chi connectivity index (χ0v) is 18.9. The number of thiazole rings is 1. The maximum Gasteiger partial charge on any atom is 0.255 e. The highest BCUT2D eigenvalue weighted by atomic mass is 35.5. The highest BCUT2D eigenvalue weighted by Gasteiger charge is 2.25. The molecule has 5 nitrogen and oxygen atoms in total. The van der Waals surface area contributed by atoms with Gasteiger partial charge in [-0.1, -0.05) is 53.6 Å². The van der Waals surface area contributed by atoms with Crippen molar-refractivity contribution in [2.24, 2.45) is 0 Å². The Morgan fingerprint density at radius 2 is 1.81 bits per heavy atom. The molecule has 1 saturated heterocycles. The molecule has 1 aliphatic rings. The highest BCUT2D eigenvalue weighted by Crippen LogP contribution is 2.28. The zero-order valence-electron chi connectivity index (χ0n) is 17.3. The number of hydrogen-bond donors (Lipinski definition) is 0. The summed E-state index contributed by atoms with van der Waals surface area (Å²) < 4.78 is 2.20. The van der Waals surface area contributed by atoms with Crippen molar-refractivity contribution in [1.82, 2.24) is 19.2 Å². The number of imidazole rings is 1. The Hall–Kier alpha value is -2.67. The van der Waals surface area contributed by atoms with Crippen LogP contribution in [0.1, 0.15) is 21.6 Å². The van der Waals surface area contributed by atoms with E-state index in [0.29, 0.717) is 23.7 Å². The lowest BCUT2D eigenvalue weighted by molar-refractivity contribution is 0.0627. The van der Waals surface area contributed by atoms with Gasteiger partial charge >= 0.3 is 0 Å². The van der Waals surface area contributed by atoms with Crippen LogP contribution in [0.2, 0.25) is 5.02 Å². The van der Waals surface area contributed by atoms with Gasteiger partial charge in [0, 0.05) is 49.9 Å². The van der Waals surface area contributed by atoms with Crippen molar-refractivity contribution in [3.8, 4) is 11.3 Å². The zero-order chi connectivity index (χ0) is 21.4. The van der Waals surface area contributed by atoms with Crippen molar-refractivity contribution in [3.63, 3.8) is 0 Å². The molecule has 0 bridgehead atoms. The van der Waals surface area contributed by atoms with Gasteiger partial charge in [-0.2, -0.15) is 0 Å². The van der Waals surface area contributed by atoms with Crippen LogP contribution >= 0.6 is 22.9 Å². The van der Waals surface area contributed by atoms with Crippen LogP contribution in [-0.2, 0) is 6.54 Å². The van der Waals surface area contributed by atoms with Gasteiger partial charge in [-0.05, 0) is 19.1 Å². The van der Waals surface area contributed by atoms with Gasteiger partial charge in [-0.3, -0.25) is 14.1 Å². The Morgan fingerprint density at radius 1 is 1.06 bits per heavy atom. The summed E-state index contributed by atoms with van der Waals surface area (Å²) in [5, 5.41) is 2.59. The van der Waals surface area contributed by atoms with E-state index < -0.39 is 0 Å². The summed E-state index contributed by atoms with van der Waals surface area (Å²) in [6, 6.07) is 15.8. The first-order chi connectivity index (χ1) is 15.1. The van der Waals surface area contributed by atoms with E-state index in [1.54, 1.807) is 23.5 Å². The molecule has 31 heavy (non-hydrogen) atoms. The molecule has 1 amide bonds. The summed E-state index contributed by atoms with van der Waals surface area (Å²) in [6.07, 6.45) is 2.09. The third kappa shape index (κ3) is 3.99. The van der Waals surface area contributed by atoms with Crippen molar-refractivity contribution in [1.29, 1.82) is 0 Å². The van der Waals surface area contributed by atoms with Crippen LogP contribution in [-0.4, -0.2) is 51.3 Å². The molecule has 1 aliphatic heterocycles. The van der Waals surface area contributed by atoms with E-state index in [9.17, 15) is 4.79 Å². The number of nitrogens with zero attached hydrogens (tertiary/aromatic N) is 4. The number of piperazine rings is 1. The molecule has 2 aromatic carbocycles. The summed E-state index contributed by atoms with van der Waals surface area (Å²) in [5.74, 6) is 0.00942. The van der Waals surface area contributed by atoms with E-state index in [-0.39, 0.29) is 5.91 Å². The lowest BCUT2D eigenvalue weighted by Gasteiger charge is -2.34. The number of benzene rings is 2. The van der Waals surface area contributed by atoms with Crippen LogP contribution in [0.5, 0.6) is 0 Å². The molecule has 0 saturated carbocycles. The molecule has 0 unspecified atom stereocenters. The SMILES string of the molecule is Cc1ccc(-c2nc3sccn3c2CN2CCN(C(=O)c3ccccc3Cl)CC2)cc1. The maximum absolute atomic E-state index is 12.9. The molecule has 2 aromatic heterocycles. The van der Waals surface area contributed by atoms with E-state index in [0.717, 1.165) is 35.9 Å². The molecule has 0 spiro atoms. The van der Waals surface area contributed by atoms with E-state index in [2.05, 4.69) is 52.1 Å². The minimum Gasteiger partial charge on any atom is -0.336 e. The average Bonchev–Trinajstić information content (AvgIpc) is 3.37. The maximum atomic E-state index is 12.9. The molecule has 3 heterocycles. The lowest BCUT2D eigenvalue weighted by atomic mass is 10.1. The third-order valence-electron chi connectivity index (χ3n) is 5.82. The van der Waals surface area contributed by atoms with Crippen molar-refractivity contribution in [2.75, 3.05) is 26.2 Å². The lowest BCUT2D eigenvalue weighted by Crippen LogP contribution is -2.48. The number of aryl methyl sites for hydroxylation is 1. The van der Waals surface area contributed by atoms with Gasteiger partial charge in [0.05, 0.1) is 22.0 Å². The normalized spacial score (nSPS) is 15.0. The van der Waals surface area contributed by atoms with Gasteiger partial charge in [-0.25, -0.2) is 4.98 Å². The second-order valence-corrected chi connectivity index (χ2v) is 9.16. The largest absolute Gasteiger partial charge is 0.336 e. The molecule has 7 heteroatoms. The second-order valence-electron chi connectivity index (χ2n) is 7.88. The van der Waals surface area contributed by atoms with Gasteiger partial charge < -0.3 is 4.90 Å². The highest BCUT2D eigenvalue weighted by molar-refractivity contribution is 7.15. The number of rotatable bonds is 4. The Kier molecular flexibility index (Phi) is 5.52. The van der Waals surface area contributed by atoms with Crippen molar-refractivity contribution in [2.45, 2.75) is 13.5 Å². The molecule has 4 aromatic rings. The molecule has 0 aliphatic carbocycles. The molecule has 158 valence electrons. The summed E-state index contributed by atoms with van der Waals surface area (Å²) in [6.45, 7) is 5.92. The van der Waals surface area contributed by atoms with Gasteiger partial charge in [0.1, 0.15) is 0 Å². The molecular formula is C24H23ClN4OS. The molecule has 0 atom stereocenters. The van der Waals surface area contributed by atoms with Gasteiger partial charge in [0.25, 0.3) is 5.91 Å². The van der Waals surface area contributed by atoms with Crippen molar-refractivity contribution < 1.29 is 4.79 Å². The minimum atomic E-state index is 0.00942. The quantitative estimate of drug-likeness (QED) is 0.440. The number of halogens is 1. The number of aromatic nitrogens is 2. The summed E-state index contributed by atoms with van der Waals surface area (Å²) >= 11 is 7.88. The summed E-state index contributed by atoms with van der Waals surface area (Å²) in [5.41, 5.74) is 5.21. The minimum absolute atomic E-state index is 0.00942. The first-order valence-corrected chi connectivity index (χ1v) is 11.6. The molecular weight excluding hydrogens is 428 g/mol. The number of carbonyl (C=O) groups excluding carboxylic acids is 1. The van der Waals surface area contributed by atoms with E-state index in [1.807, 2.05) is 17.0 Å². The number of hydrogen-bond acceptors (Lipinski definition) is 4. The number of fused-ring (bicyclic) bond motifs is 1. The standard InChI is InChI=1S/C24H23ClN4OS/c1-17-6-8-18(9-7-17)22-21(29-14-15-31-24(29)26-22)16-27-10-12-28(13-11-27)23(30)19-4-2-3-5-20(19)25/h2-9,14-15H,10-13,16H2,1H3. The van der Waals surface area contributed by atoms with E-state index >= 15 is 0 Å². The van der Waals surface area contributed by atoms with E-state index in [1.165, 1.54) is 11.3 Å². The van der Waals surface area contributed by atoms with Crippen molar-refractivity contribution >= 4 is 33.8 Å². The topological polar surface area (TPSA) is 40.9 Å². The van der Waals surface area contributed by atoms with Crippen molar-refractivity contribution in [3.05, 3.63) is 82.0 Å². The van der Waals surface area contributed by atoms with E-state index in [4.69, 9.17) is 16.6 Å². The smallest absolute Gasteiger partial charge is 0.255 e. The Labute approximate surface area is 190 Å². The summed E-state index contributed by atoms with van der Waals surface area (Å²) in [4.78, 5) is 23.1. The van der Waals surface area contributed by atoms with Crippen LogP contribution in [0.4, 0.5) is 0 Å². The Bertz CT molecular complexity index is 1220. The first-order valence-electron chi connectivity index (χ1n) is 10.4. The first kappa shape index (κ1) is 20.2.